The zero-order chi connectivity index (χ0) is 11.3. The summed E-state index contributed by atoms with van der Waals surface area (Å²) in [6, 6.07) is 8.42. The minimum Gasteiger partial charge on any atom is -0.330 e. The van der Waals surface area contributed by atoms with Gasteiger partial charge in [0.1, 0.15) is 0 Å². The van der Waals surface area contributed by atoms with Gasteiger partial charge in [0.25, 0.3) is 0 Å². The first-order valence-electron chi connectivity index (χ1n) is 5.33. The van der Waals surface area contributed by atoms with Crippen LogP contribution in [0, 0.1) is 5.92 Å². The van der Waals surface area contributed by atoms with Gasteiger partial charge in [-0.2, -0.15) is 0 Å². The normalized spacial score (nSPS) is 13.1. The topological polar surface area (TPSA) is 52.0 Å². The van der Waals surface area contributed by atoms with Crippen LogP contribution in [0.25, 0.3) is 0 Å². The Kier molecular flexibility index (Phi) is 5.29. The maximum atomic E-state index is 5.65. The number of hydrogen-bond acceptors (Lipinski definition) is 2. The molecule has 4 N–H and O–H groups in total. The second-order valence-corrected chi connectivity index (χ2v) is 4.94. The summed E-state index contributed by atoms with van der Waals surface area (Å²) in [6.45, 7) is 3.57. The van der Waals surface area contributed by atoms with Crippen molar-refractivity contribution in [3.8, 4) is 0 Å². The average Bonchev–Trinajstić information content (AvgIpc) is 2.25. The predicted molar refractivity (Wildman–Crippen MR) is 68.8 cm³/mol. The molecule has 0 aliphatic rings. The molecule has 84 valence electrons. The second-order valence-electron chi connectivity index (χ2n) is 4.03. The monoisotopic (exact) mass is 270 g/mol. The van der Waals surface area contributed by atoms with Crippen LogP contribution in [0.4, 0.5) is 0 Å². The zero-order valence-electron chi connectivity index (χ0n) is 9.12. The van der Waals surface area contributed by atoms with E-state index in [1.54, 1.807) is 0 Å². The van der Waals surface area contributed by atoms with Gasteiger partial charge in [-0.15, -0.1) is 0 Å². The van der Waals surface area contributed by atoms with Crippen molar-refractivity contribution in [2.24, 2.45) is 17.4 Å². The molecule has 15 heavy (non-hydrogen) atoms. The summed E-state index contributed by atoms with van der Waals surface area (Å²) in [5.41, 5.74) is 12.6. The van der Waals surface area contributed by atoms with E-state index in [1.807, 2.05) is 6.07 Å². The van der Waals surface area contributed by atoms with E-state index in [-0.39, 0.29) is 0 Å². The molecule has 0 fully saturated rings. The maximum absolute atomic E-state index is 5.65. The lowest BCUT2D eigenvalue weighted by Crippen LogP contribution is -2.24. The highest BCUT2D eigenvalue weighted by Crippen LogP contribution is 2.24. The average molecular weight is 271 g/mol. The quantitative estimate of drug-likeness (QED) is 0.864. The first-order valence-corrected chi connectivity index (χ1v) is 6.12. The van der Waals surface area contributed by atoms with Crippen molar-refractivity contribution in [1.29, 1.82) is 0 Å². The molecule has 1 aromatic rings. The van der Waals surface area contributed by atoms with Crippen molar-refractivity contribution in [1.82, 2.24) is 0 Å². The standard InChI is InChI=1S/C12H19BrN2/c1-9(5-10(7-14)8-15)11-3-2-4-12(13)6-11/h2-4,6,9-10H,5,7-8,14-15H2,1H3. The van der Waals surface area contributed by atoms with E-state index in [2.05, 4.69) is 41.1 Å². The van der Waals surface area contributed by atoms with E-state index in [9.17, 15) is 0 Å². The molecular weight excluding hydrogens is 252 g/mol. The molecule has 3 heteroatoms. The van der Waals surface area contributed by atoms with E-state index in [0.717, 1.165) is 10.9 Å². The molecule has 1 rings (SSSR count). The number of benzene rings is 1. The van der Waals surface area contributed by atoms with Crippen molar-refractivity contribution in [2.45, 2.75) is 19.3 Å². The highest BCUT2D eigenvalue weighted by atomic mass is 79.9. The Morgan fingerprint density at radius 2 is 1.93 bits per heavy atom. The Bertz CT molecular complexity index is 297. The van der Waals surface area contributed by atoms with Crippen LogP contribution in [-0.4, -0.2) is 13.1 Å². The molecule has 0 aliphatic heterocycles. The van der Waals surface area contributed by atoms with Crippen LogP contribution in [-0.2, 0) is 0 Å². The van der Waals surface area contributed by atoms with Crippen LogP contribution in [0.2, 0.25) is 0 Å². The summed E-state index contributed by atoms with van der Waals surface area (Å²) in [5, 5.41) is 0. The molecule has 0 heterocycles. The maximum Gasteiger partial charge on any atom is 0.0178 e. The minimum absolute atomic E-state index is 0.430. The minimum atomic E-state index is 0.430. The van der Waals surface area contributed by atoms with Crippen LogP contribution in [0.1, 0.15) is 24.8 Å². The fourth-order valence-corrected chi connectivity index (χ4v) is 2.15. The molecule has 0 radical (unpaired) electrons. The lowest BCUT2D eigenvalue weighted by molar-refractivity contribution is 0.465. The molecule has 1 unspecified atom stereocenters. The SMILES string of the molecule is CC(CC(CN)CN)c1cccc(Br)c1. The molecule has 1 aromatic carbocycles. The Morgan fingerprint density at radius 3 is 2.47 bits per heavy atom. The number of halogens is 1. The van der Waals surface area contributed by atoms with Crippen molar-refractivity contribution in [2.75, 3.05) is 13.1 Å². The zero-order valence-corrected chi connectivity index (χ0v) is 10.7. The van der Waals surface area contributed by atoms with Gasteiger partial charge < -0.3 is 11.5 Å². The summed E-state index contributed by atoms with van der Waals surface area (Å²) >= 11 is 3.48. The largest absolute Gasteiger partial charge is 0.330 e. The van der Waals surface area contributed by atoms with E-state index in [0.29, 0.717) is 24.9 Å². The van der Waals surface area contributed by atoms with Gasteiger partial charge in [-0.3, -0.25) is 0 Å². The van der Waals surface area contributed by atoms with Crippen molar-refractivity contribution < 1.29 is 0 Å². The van der Waals surface area contributed by atoms with Gasteiger partial charge in [0.2, 0.25) is 0 Å². The van der Waals surface area contributed by atoms with Crippen molar-refractivity contribution in [3.63, 3.8) is 0 Å². The van der Waals surface area contributed by atoms with Gasteiger partial charge in [0, 0.05) is 4.47 Å². The van der Waals surface area contributed by atoms with Crippen LogP contribution in [0.15, 0.2) is 28.7 Å². The molecule has 0 amide bonds. The summed E-state index contributed by atoms with van der Waals surface area (Å²) in [6.07, 6.45) is 1.06. The first-order chi connectivity index (χ1) is 7.17. The van der Waals surface area contributed by atoms with Crippen LogP contribution in [0.5, 0.6) is 0 Å². The van der Waals surface area contributed by atoms with Gasteiger partial charge in [-0.25, -0.2) is 0 Å². The van der Waals surface area contributed by atoms with Gasteiger partial charge in [0.05, 0.1) is 0 Å². The molecule has 0 spiro atoms. The summed E-state index contributed by atoms with van der Waals surface area (Å²) in [5.74, 6) is 0.943. The molecule has 0 saturated carbocycles. The van der Waals surface area contributed by atoms with Gasteiger partial charge >= 0.3 is 0 Å². The van der Waals surface area contributed by atoms with Gasteiger partial charge in [-0.1, -0.05) is 35.0 Å². The van der Waals surface area contributed by atoms with E-state index in [1.165, 1.54) is 5.56 Å². The highest BCUT2D eigenvalue weighted by molar-refractivity contribution is 9.10. The molecule has 0 aromatic heterocycles. The third kappa shape index (κ3) is 3.93. The predicted octanol–water partition coefficient (Wildman–Crippen LogP) is 2.48. The Morgan fingerprint density at radius 1 is 1.27 bits per heavy atom. The molecule has 0 bridgehead atoms. The fourth-order valence-electron chi connectivity index (χ4n) is 1.74. The number of nitrogens with two attached hydrogens (primary N) is 2. The number of hydrogen-bond donors (Lipinski definition) is 2. The van der Waals surface area contributed by atoms with E-state index < -0.39 is 0 Å². The summed E-state index contributed by atoms with van der Waals surface area (Å²) in [4.78, 5) is 0. The second kappa shape index (κ2) is 6.26. The third-order valence-corrected chi connectivity index (χ3v) is 3.26. The Labute approximate surface area is 100 Å². The van der Waals surface area contributed by atoms with Crippen LogP contribution < -0.4 is 11.5 Å². The molecule has 2 nitrogen and oxygen atoms in total. The fraction of sp³-hybridized carbons (Fsp3) is 0.500. The smallest absolute Gasteiger partial charge is 0.0178 e. The van der Waals surface area contributed by atoms with E-state index in [4.69, 9.17) is 11.5 Å². The molecule has 1 atom stereocenters. The van der Waals surface area contributed by atoms with Crippen molar-refractivity contribution >= 4 is 15.9 Å². The Balaban J connectivity index is 2.64. The molecule has 0 aliphatic carbocycles. The highest BCUT2D eigenvalue weighted by Gasteiger charge is 2.12. The lowest BCUT2D eigenvalue weighted by Gasteiger charge is -2.18. The first kappa shape index (κ1) is 12.7. The van der Waals surface area contributed by atoms with Crippen LogP contribution in [0.3, 0.4) is 0 Å². The molecular formula is C12H19BrN2. The van der Waals surface area contributed by atoms with Crippen LogP contribution >= 0.6 is 15.9 Å². The van der Waals surface area contributed by atoms with Gasteiger partial charge in [0.15, 0.2) is 0 Å². The van der Waals surface area contributed by atoms with Crippen molar-refractivity contribution in [3.05, 3.63) is 34.3 Å². The third-order valence-electron chi connectivity index (χ3n) is 2.77. The summed E-state index contributed by atoms with van der Waals surface area (Å²) < 4.78 is 1.13. The van der Waals surface area contributed by atoms with E-state index >= 15 is 0 Å². The summed E-state index contributed by atoms with van der Waals surface area (Å²) in [7, 11) is 0. The van der Waals surface area contributed by atoms with Gasteiger partial charge in [-0.05, 0) is 49.0 Å². The number of rotatable bonds is 5. The lowest BCUT2D eigenvalue weighted by atomic mass is 9.90. The molecule has 0 saturated heterocycles. The Hall–Kier alpha value is -0.380.